The minimum absolute atomic E-state index is 0.304. The van der Waals surface area contributed by atoms with Crippen molar-refractivity contribution in [2.24, 2.45) is 10.8 Å². The summed E-state index contributed by atoms with van der Waals surface area (Å²) in [6.45, 7) is 0. The zero-order valence-corrected chi connectivity index (χ0v) is 14.2. The van der Waals surface area contributed by atoms with Gasteiger partial charge in [-0.1, -0.05) is 41.9 Å². The first-order chi connectivity index (χ1) is 12.5. The van der Waals surface area contributed by atoms with Gasteiger partial charge in [0.25, 0.3) is 0 Å². The first-order valence-corrected chi connectivity index (χ1v) is 8.00. The van der Waals surface area contributed by atoms with Gasteiger partial charge in [-0.25, -0.2) is 15.0 Å². The van der Waals surface area contributed by atoms with E-state index in [9.17, 15) is 9.59 Å². The first kappa shape index (κ1) is 17.4. The van der Waals surface area contributed by atoms with Crippen molar-refractivity contribution in [3.63, 3.8) is 0 Å². The number of halogens is 1. The van der Waals surface area contributed by atoms with Crippen LogP contribution in [-0.2, 0) is 0 Å². The number of rotatable bonds is 4. The van der Waals surface area contributed by atoms with E-state index in [2.05, 4.69) is 10.5 Å². The van der Waals surface area contributed by atoms with Crippen molar-refractivity contribution in [1.29, 1.82) is 0 Å². The van der Waals surface area contributed by atoms with E-state index in [1.54, 1.807) is 30.3 Å². The zero-order chi connectivity index (χ0) is 18.5. The van der Waals surface area contributed by atoms with Gasteiger partial charge in [0.2, 0.25) is 0 Å². The van der Waals surface area contributed by atoms with Gasteiger partial charge in [-0.3, -0.25) is 0 Å². The lowest BCUT2D eigenvalue weighted by atomic mass is 10.0. The van der Waals surface area contributed by atoms with E-state index < -0.39 is 12.0 Å². The number of primary amides is 1. The van der Waals surface area contributed by atoms with E-state index in [0.717, 1.165) is 10.8 Å². The first-order valence-electron chi connectivity index (χ1n) is 7.62. The molecule has 0 aromatic heterocycles. The van der Waals surface area contributed by atoms with Crippen LogP contribution in [0.3, 0.4) is 0 Å². The van der Waals surface area contributed by atoms with Crippen molar-refractivity contribution in [2.45, 2.75) is 0 Å². The normalized spacial score (nSPS) is 10.8. The van der Waals surface area contributed by atoms with Crippen LogP contribution in [0.2, 0.25) is 5.02 Å². The zero-order valence-electron chi connectivity index (χ0n) is 13.5. The molecular weight excluding hydrogens is 354 g/mol. The van der Waals surface area contributed by atoms with Crippen LogP contribution in [0, 0.1) is 0 Å². The molecule has 0 aliphatic heterocycles. The van der Waals surface area contributed by atoms with Gasteiger partial charge >= 0.3 is 12.0 Å². The van der Waals surface area contributed by atoms with Crippen molar-refractivity contribution in [3.05, 3.63) is 76.8 Å². The molecule has 130 valence electrons. The molecule has 0 aliphatic rings. The van der Waals surface area contributed by atoms with Gasteiger partial charge in [0, 0.05) is 10.6 Å². The number of carbonyl (C=O) groups is 2. The quantitative estimate of drug-likeness (QED) is 0.318. The summed E-state index contributed by atoms with van der Waals surface area (Å²) in [5.41, 5.74) is 8.05. The van der Waals surface area contributed by atoms with Gasteiger partial charge in [0.05, 0.1) is 11.8 Å². The third-order valence-corrected chi connectivity index (χ3v) is 3.83. The molecule has 6 nitrogen and oxygen atoms in total. The average molecular weight is 368 g/mol. The summed E-state index contributed by atoms with van der Waals surface area (Å²) in [5.74, 6) is -0.229. The number of hydrogen-bond acceptors (Lipinski definition) is 4. The number of ether oxygens (including phenoxy) is 1. The number of nitrogens with one attached hydrogen (secondary N) is 1. The lowest BCUT2D eigenvalue weighted by Gasteiger charge is -2.10. The summed E-state index contributed by atoms with van der Waals surface area (Å²) in [7, 11) is 0. The summed E-state index contributed by atoms with van der Waals surface area (Å²) in [6, 6.07) is 16.6. The van der Waals surface area contributed by atoms with E-state index in [-0.39, 0.29) is 0 Å². The number of hydrazone groups is 1. The predicted octanol–water partition coefficient (Wildman–Crippen LogP) is 3.71. The van der Waals surface area contributed by atoms with Crippen LogP contribution in [0.5, 0.6) is 5.75 Å². The maximum Gasteiger partial charge on any atom is 0.343 e. The molecule has 0 heterocycles. The molecule has 7 heteroatoms. The molecule has 3 rings (SSSR count). The van der Waals surface area contributed by atoms with E-state index in [1.807, 2.05) is 30.3 Å². The minimum Gasteiger partial charge on any atom is -0.422 e. The minimum atomic E-state index is -0.791. The molecule has 0 spiro atoms. The summed E-state index contributed by atoms with van der Waals surface area (Å²) < 4.78 is 5.52. The number of hydrogen-bond donors (Lipinski definition) is 2. The van der Waals surface area contributed by atoms with Crippen LogP contribution >= 0.6 is 11.6 Å². The highest BCUT2D eigenvalue weighted by Gasteiger charge is 2.13. The van der Waals surface area contributed by atoms with Crippen molar-refractivity contribution >= 4 is 40.6 Å². The van der Waals surface area contributed by atoms with Crippen LogP contribution in [-0.4, -0.2) is 18.2 Å². The molecule has 0 radical (unpaired) electrons. The van der Waals surface area contributed by atoms with Gasteiger partial charge in [0.1, 0.15) is 5.75 Å². The molecule has 3 N–H and O–H groups in total. The Morgan fingerprint density at radius 1 is 1.04 bits per heavy atom. The Balaban J connectivity index is 1.98. The highest BCUT2D eigenvalue weighted by Crippen LogP contribution is 2.27. The SMILES string of the molecule is NC(=O)N/N=C/c1c(OC(=O)c2ccc(Cl)cc2)ccc2ccccc12. The second-order valence-corrected chi connectivity index (χ2v) is 5.77. The Bertz CT molecular complexity index is 1000. The average Bonchev–Trinajstić information content (AvgIpc) is 2.63. The summed E-state index contributed by atoms with van der Waals surface area (Å²) in [6.07, 6.45) is 1.39. The lowest BCUT2D eigenvalue weighted by molar-refractivity contribution is 0.0734. The molecule has 0 atom stereocenters. The fourth-order valence-electron chi connectivity index (χ4n) is 2.40. The van der Waals surface area contributed by atoms with Crippen LogP contribution in [0.25, 0.3) is 10.8 Å². The number of benzene rings is 3. The van der Waals surface area contributed by atoms with Crippen molar-refractivity contribution in [1.82, 2.24) is 5.43 Å². The third-order valence-electron chi connectivity index (χ3n) is 3.58. The predicted molar refractivity (Wildman–Crippen MR) is 101 cm³/mol. The van der Waals surface area contributed by atoms with Gasteiger partial charge in [-0.15, -0.1) is 0 Å². The van der Waals surface area contributed by atoms with Gasteiger partial charge in [-0.05, 0) is 41.1 Å². The van der Waals surface area contributed by atoms with Crippen molar-refractivity contribution < 1.29 is 14.3 Å². The topological polar surface area (TPSA) is 93.8 Å². The van der Waals surface area contributed by atoms with Crippen molar-refractivity contribution in [3.8, 4) is 5.75 Å². The summed E-state index contributed by atoms with van der Waals surface area (Å²) in [5, 5.41) is 6.05. The Kier molecular flexibility index (Phi) is 5.15. The summed E-state index contributed by atoms with van der Waals surface area (Å²) >= 11 is 5.84. The number of nitrogens with two attached hydrogens (primary N) is 1. The van der Waals surface area contributed by atoms with Crippen molar-refractivity contribution in [2.75, 3.05) is 0 Å². The maximum absolute atomic E-state index is 12.4. The standard InChI is InChI=1S/C19H14ClN3O3/c20-14-8-5-13(6-9-14)18(24)26-17-10-7-12-3-1-2-4-15(12)16(17)11-22-23-19(21)25/h1-11H,(H3,21,23,25)/b22-11+. The molecular formula is C19H14ClN3O3. The highest BCUT2D eigenvalue weighted by atomic mass is 35.5. The molecule has 0 unspecified atom stereocenters. The van der Waals surface area contributed by atoms with Gasteiger partial charge in [-0.2, -0.15) is 5.10 Å². The van der Waals surface area contributed by atoms with E-state index in [1.165, 1.54) is 6.21 Å². The largest absolute Gasteiger partial charge is 0.422 e. The fourth-order valence-corrected chi connectivity index (χ4v) is 2.53. The van der Waals surface area contributed by atoms with Crippen LogP contribution in [0.4, 0.5) is 4.79 Å². The lowest BCUT2D eigenvalue weighted by Crippen LogP contribution is -2.24. The Hall–Kier alpha value is -3.38. The van der Waals surface area contributed by atoms with Crippen LogP contribution < -0.4 is 15.9 Å². The number of carbonyl (C=O) groups excluding carboxylic acids is 2. The monoisotopic (exact) mass is 367 g/mol. The molecule has 0 saturated heterocycles. The highest BCUT2D eigenvalue weighted by molar-refractivity contribution is 6.30. The number of esters is 1. The smallest absolute Gasteiger partial charge is 0.343 e. The van der Waals surface area contributed by atoms with E-state index >= 15 is 0 Å². The van der Waals surface area contributed by atoms with Gasteiger partial charge in [0.15, 0.2) is 0 Å². The van der Waals surface area contributed by atoms with Gasteiger partial charge < -0.3 is 10.5 Å². The van der Waals surface area contributed by atoms with E-state index in [4.69, 9.17) is 22.1 Å². The van der Waals surface area contributed by atoms with Crippen LogP contribution in [0.15, 0.2) is 65.8 Å². The molecule has 0 bridgehead atoms. The molecule has 26 heavy (non-hydrogen) atoms. The maximum atomic E-state index is 12.4. The third kappa shape index (κ3) is 3.99. The summed E-state index contributed by atoms with van der Waals surface area (Å²) in [4.78, 5) is 23.2. The molecule has 0 aliphatic carbocycles. The fraction of sp³-hybridized carbons (Fsp3) is 0. The van der Waals surface area contributed by atoms with Crippen LogP contribution in [0.1, 0.15) is 15.9 Å². The Labute approximate surface area is 154 Å². The number of amides is 2. The number of nitrogens with zero attached hydrogens (tertiary/aromatic N) is 1. The number of fused-ring (bicyclic) bond motifs is 1. The molecule has 3 aromatic carbocycles. The molecule has 0 saturated carbocycles. The van der Waals surface area contributed by atoms with E-state index in [0.29, 0.717) is 21.9 Å². The second-order valence-electron chi connectivity index (χ2n) is 5.33. The molecule has 2 amide bonds. The molecule has 0 fully saturated rings. The molecule has 3 aromatic rings. The Morgan fingerprint density at radius 2 is 1.77 bits per heavy atom. The second kappa shape index (κ2) is 7.67. The number of urea groups is 1. The Morgan fingerprint density at radius 3 is 2.50 bits per heavy atom.